The lowest BCUT2D eigenvalue weighted by molar-refractivity contribution is -0.384. The molecule has 0 radical (unpaired) electrons. The highest BCUT2D eigenvalue weighted by Gasteiger charge is 2.18. The first-order valence-electron chi connectivity index (χ1n) is 6.09. The second kappa shape index (κ2) is 7.08. The number of non-ortho nitro benzene ring substituents is 1. The molecule has 0 atom stereocenters. The van der Waals surface area contributed by atoms with Crippen molar-refractivity contribution in [3.63, 3.8) is 0 Å². The van der Waals surface area contributed by atoms with Gasteiger partial charge in [0.1, 0.15) is 0 Å². The van der Waals surface area contributed by atoms with E-state index in [2.05, 4.69) is 4.84 Å². The van der Waals surface area contributed by atoms with Gasteiger partial charge in [0.15, 0.2) is 0 Å². The van der Waals surface area contributed by atoms with E-state index in [1.165, 1.54) is 30.3 Å². The molecule has 2 aromatic rings. The minimum atomic E-state index is -1.03. The number of nitrogens with one attached hydrogen (secondary N) is 1. The van der Waals surface area contributed by atoms with Crippen molar-refractivity contribution < 1.29 is 19.3 Å². The molecule has 9 heteroatoms. The number of nitrogens with zero attached hydrogens (tertiary/aromatic N) is 1. The molecule has 0 unspecified atom stereocenters. The second-order valence-electron chi connectivity index (χ2n) is 4.25. The lowest BCUT2D eigenvalue weighted by Gasteiger charge is -2.07. The van der Waals surface area contributed by atoms with E-state index in [9.17, 15) is 19.7 Å². The fourth-order valence-corrected chi connectivity index (χ4v) is 1.91. The van der Waals surface area contributed by atoms with Crippen LogP contribution in [0.15, 0.2) is 42.5 Å². The van der Waals surface area contributed by atoms with Crippen molar-refractivity contribution >= 4 is 40.8 Å². The summed E-state index contributed by atoms with van der Waals surface area (Å²) in [4.78, 5) is 38.3. The minimum Gasteiger partial charge on any atom is -0.335 e. The Labute approximate surface area is 139 Å². The van der Waals surface area contributed by atoms with Gasteiger partial charge >= 0.3 is 5.97 Å². The molecule has 23 heavy (non-hydrogen) atoms. The molecule has 2 rings (SSSR count). The number of halogens is 2. The van der Waals surface area contributed by atoms with E-state index in [0.717, 1.165) is 12.1 Å². The third kappa shape index (κ3) is 4.18. The molecule has 0 spiro atoms. The van der Waals surface area contributed by atoms with Gasteiger partial charge < -0.3 is 4.84 Å². The molecular weight excluding hydrogens is 347 g/mol. The quantitative estimate of drug-likeness (QED) is 0.672. The number of benzene rings is 2. The monoisotopic (exact) mass is 354 g/mol. The SMILES string of the molecule is O=C(NOC(=O)c1cc([N+](=O)[O-])ccc1Cl)c1ccc(Cl)cc1. The fraction of sp³-hybridized carbons (Fsp3) is 0. The van der Waals surface area contributed by atoms with Crippen molar-refractivity contribution in [2.45, 2.75) is 0 Å². The van der Waals surface area contributed by atoms with Crippen LogP contribution in [0.1, 0.15) is 20.7 Å². The van der Waals surface area contributed by atoms with Crippen LogP contribution in [-0.2, 0) is 4.84 Å². The molecule has 0 aromatic heterocycles. The van der Waals surface area contributed by atoms with Crippen LogP contribution in [-0.4, -0.2) is 16.8 Å². The summed E-state index contributed by atoms with van der Waals surface area (Å²) in [5, 5.41) is 11.1. The Balaban J connectivity index is 2.07. The summed E-state index contributed by atoms with van der Waals surface area (Å²) in [6.07, 6.45) is 0. The molecule has 2 aromatic carbocycles. The Hall–Kier alpha value is -2.64. The zero-order valence-corrected chi connectivity index (χ0v) is 12.8. The number of hydrogen-bond acceptors (Lipinski definition) is 5. The maximum absolute atomic E-state index is 11.9. The number of hydroxylamine groups is 1. The highest BCUT2D eigenvalue weighted by atomic mass is 35.5. The fourth-order valence-electron chi connectivity index (χ4n) is 1.59. The largest absolute Gasteiger partial charge is 0.364 e. The van der Waals surface area contributed by atoms with E-state index in [4.69, 9.17) is 23.2 Å². The van der Waals surface area contributed by atoms with E-state index < -0.39 is 16.8 Å². The van der Waals surface area contributed by atoms with Crippen LogP contribution in [0.4, 0.5) is 5.69 Å². The maximum atomic E-state index is 11.9. The molecule has 0 saturated heterocycles. The van der Waals surface area contributed by atoms with Gasteiger partial charge in [-0.25, -0.2) is 4.79 Å². The van der Waals surface area contributed by atoms with Crippen LogP contribution in [0.25, 0.3) is 0 Å². The van der Waals surface area contributed by atoms with Gasteiger partial charge in [-0.2, -0.15) is 5.48 Å². The summed E-state index contributed by atoms with van der Waals surface area (Å²) in [7, 11) is 0. The predicted molar refractivity (Wildman–Crippen MR) is 82.4 cm³/mol. The Morgan fingerprint density at radius 1 is 1.09 bits per heavy atom. The first kappa shape index (κ1) is 16.7. The molecule has 0 heterocycles. The van der Waals surface area contributed by atoms with E-state index in [1.54, 1.807) is 0 Å². The number of amides is 1. The molecule has 1 amide bonds. The summed E-state index contributed by atoms with van der Waals surface area (Å²) in [6.45, 7) is 0. The smallest absolute Gasteiger partial charge is 0.335 e. The Morgan fingerprint density at radius 2 is 1.74 bits per heavy atom. The van der Waals surface area contributed by atoms with Crippen molar-refractivity contribution in [3.05, 3.63) is 73.8 Å². The number of carbonyl (C=O) groups is 2. The normalized spacial score (nSPS) is 10.0. The van der Waals surface area contributed by atoms with Crippen LogP contribution in [0.5, 0.6) is 0 Å². The zero-order chi connectivity index (χ0) is 17.0. The Bertz CT molecular complexity index is 777. The molecule has 0 saturated carbocycles. The van der Waals surface area contributed by atoms with Crippen LogP contribution < -0.4 is 5.48 Å². The summed E-state index contributed by atoms with van der Waals surface area (Å²) in [5.41, 5.74) is 1.58. The summed E-state index contributed by atoms with van der Waals surface area (Å²) in [6, 6.07) is 9.16. The van der Waals surface area contributed by atoms with Gasteiger partial charge in [-0.1, -0.05) is 23.2 Å². The number of hydrogen-bond donors (Lipinski definition) is 1. The molecule has 0 fully saturated rings. The molecule has 0 bridgehead atoms. The predicted octanol–water partition coefficient (Wildman–Crippen LogP) is 3.40. The Kier molecular flexibility index (Phi) is 5.15. The summed E-state index contributed by atoms with van der Waals surface area (Å²) < 4.78 is 0. The number of carbonyl (C=O) groups excluding carboxylic acids is 2. The lowest BCUT2D eigenvalue weighted by Crippen LogP contribution is -2.27. The van der Waals surface area contributed by atoms with Gasteiger partial charge in [0, 0.05) is 22.7 Å². The van der Waals surface area contributed by atoms with E-state index in [1.807, 2.05) is 5.48 Å². The summed E-state index contributed by atoms with van der Waals surface area (Å²) in [5.74, 6) is -1.71. The van der Waals surface area contributed by atoms with Crippen LogP contribution in [0, 0.1) is 10.1 Å². The molecule has 7 nitrogen and oxygen atoms in total. The van der Waals surface area contributed by atoms with Crippen molar-refractivity contribution in [1.82, 2.24) is 5.48 Å². The number of nitro groups is 1. The van der Waals surface area contributed by atoms with Gasteiger partial charge in [0.25, 0.3) is 11.6 Å². The van der Waals surface area contributed by atoms with E-state index in [-0.39, 0.29) is 21.8 Å². The topological polar surface area (TPSA) is 98.5 Å². The van der Waals surface area contributed by atoms with Gasteiger partial charge in [0.05, 0.1) is 15.5 Å². The van der Waals surface area contributed by atoms with Gasteiger partial charge in [-0.15, -0.1) is 0 Å². The third-order valence-electron chi connectivity index (χ3n) is 2.72. The molecule has 0 aliphatic heterocycles. The van der Waals surface area contributed by atoms with E-state index >= 15 is 0 Å². The van der Waals surface area contributed by atoms with Crippen molar-refractivity contribution in [3.8, 4) is 0 Å². The maximum Gasteiger partial charge on any atom is 0.364 e. The van der Waals surface area contributed by atoms with Crippen LogP contribution in [0.3, 0.4) is 0 Å². The number of rotatable bonds is 3. The minimum absolute atomic E-state index is 0.0404. The average Bonchev–Trinajstić information content (AvgIpc) is 2.53. The van der Waals surface area contributed by atoms with Crippen molar-refractivity contribution in [2.24, 2.45) is 0 Å². The molecular formula is C14H8Cl2N2O5. The van der Waals surface area contributed by atoms with Crippen molar-refractivity contribution in [2.75, 3.05) is 0 Å². The lowest BCUT2D eigenvalue weighted by atomic mass is 10.2. The Morgan fingerprint density at radius 3 is 2.35 bits per heavy atom. The van der Waals surface area contributed by atoms with E-state index in [0.29, 0.717) is 5.02 Å². The first-order chi connectivity index (χ1) is 10.9. The first-order valence-corrected chi connectivity index (χ1v) is 6.85. The molecule has 1 N–H and O–H groups in total. The van der Waals surface area contributed by atoms with Crippen molar-refractivity contribution in [1.29, 1.82) is 0 Å². The van der Waals surface area contributed by atoms with Gasteiger partial charge in [-0.05, 0) is 30.3 Å². The van der Waals surface area contributed by atoms with Crippen LogP contribution >= 0.6 is 23.2 Å². The van der Waals surface area contributed by atoms with Gasteiger partial charge in [0.2, 0.25) is 0 Å². The molecule has 0 aliphatic rings. The molecule has 0 aliphatic carbocycles. The van der Waals surface area contributed by atoms with Crippen LogP contribution in [0.2, 0.25) is 10.0 Å². The third-order valence-corrected chi connectivity index (χ3v) is 3.31. The zero-order valence-electron chi connectivity index (χ0n) is 11.3. The van der Waals surface area contributed by atoms with Gasteiger partial charge in [-0.3, -0.25) is 14.9 Å². The highest BCUT2D eigenvalue weighted by Crippen LogP contribution is 2.22. The highest BCUT2D eigenvalue weighted by molar-refractivity contribution is 6.33. The standard InChI is InChI=1S/C14H8Cl2N2O5/c15-9-3-1-8(2-4-9)13(19)17-23-14(20)11-7-10(18(21)22)5-6-12(11)16/h1-7H,(H,17,19). The molecule has 118 valence electrons. The average molecular weight is 355 g/mol. The number of nitro benzene ring substituents is 1. The second-order valence-corrected chi connectivity index (χ2v) is 5.09. The summed E-state index contributed by atoms with van der Waals surface area (Å²) >= 11 is 11.5.